The van der Waals surface area contributed by atoms with Gasteiger partial charge in [-0.25, -0.2) is 4.98 Å². The second kappa shape index (κ2) is 6.66. The Morgan fingerprint density at radius 1 is 1.33 bits per heavy atom. The van der Waals surface area contributed by atoms with Gasteiger partial charge in [-0.05, 0) is 37.6 Å². The average Bonchev–Trinajstić information content (AvgIpc) is 2.77. The molecule has 0 radical (unpaired) electrons. The molecule has 0 aliphatic heterocycles. The van der Waals surface area contributed by atoms with Gasteiger partial charge in [0.05, 0.1) is 6.61 Å². The van der Waals surface area contributed by atoms with Gasteiger partial charge in [0.2, 0.25) is 0 Å². The molecule has 3 nitrogen and oxygen atoms in total. The first-order chi connectivity index (χ1) is 8.74. The van der Waals surface area contributed by atoms with Crippen molar-refractivity contribution in [2.45, 2.75) is 17.7 Å². The first kappa shape index (κ1) is 13.2. The molecule has 0 saturated heterocycles. The summed E-state index contributed by atoms with van der Waals surface area (Å²) in [6.45, 7) is 2.74. The van der Waals surface area contributed by atoms with Crippen LogP contribution in [0, 0.1) is 6.92 Å². The summed E-state index contributed by atoms with van der Waals surface area (Å²) >= 11 is 3.49. The van der Waals surface area contributed by atoms with Crippen molar-refractivity contribution < 1.29 is 4.74 Å². The van der Waals surface area contributed by atoms with E-state index in [9.17, 15) is 0 Å². The summed E-state index contributed by atoms with van der Waals surface area (Å²) in [5.41, 5.74) is 7.46. The molecule has 0 bridgehead atoms. The summed E-state index contributed by atoms with van der Waals surface area (Å²) in [6.07, 6.45) is 1.01. The molecule has 0 unspecified atom stereocenters. The van der Waals surface area contributed by atoms with E-state index in [2.05, 4.69) is 10.4 Å². The molecular formula is C13H16N2OS2. The highest BCUT2D eigenvalue weighted by atomic mass is 32.2. The molecule has 1 aromatic heterocycles. The molecule has 2 aromatic rings. The standard InChI is InChI=1S/C13H16N2OS2/c1-10-9-18-13(15-10)17-8-2-7-16-12-5-3-11(14)4-6-12/h3-6,9H,2,7-8,14H2,1H3. The number of benzene rings is 1. The van der Waals surface area contributed by atoms with Crippen LogP contribution in [0.25, 0.3) is 0 Å². The minimum absolute atomic E-state index is 0.723. The normalized spacial score (nSPS) is 10.5. The number of nitrogens with two attached hydrogens (primary N) is 1. The second-order valence-electron chi connectivity index (χ2n) is 3.87. The van der Waals surface area contributed by atoms with Gasteiger partial charge < -0.3 is 10.5 Å². The molecule has 0 amide bonds. The Labute approximate surface area is 115 Å². The van der Waals surface area contributed by atoms with Crippen molar-refractivity contribution in [3.05, 3.63) is 35.3 Å². The van der Waals surface area contributed by atoms with Crippen LogP contribution in [0.5, 0.6) is 5.75 Å². The van der Waals surface area contributed by atoms with Crippen LogP contribution in [0.4, 0.5) is 5.69 Å². The molecule has 2 rings (SSSR count). The zero-order valence-electron chi connectivity index (χ0n) is 10.3. The van der Waals surface area contributed by atoms with Gasteiger partial charge in [-0.1, -0.05) is 11.8 Å². The molecule has 5 heteroatoms. The van der Waals surface area contributed by atoms with Gasteiger partial charge in [-0.2, -0.15) is 0 Å². The van der Waals surface area contributed by atoms with Gasteiger partial charge in [0.25, 0.3) is 0 Å². The monoisotopic (exact) mass is 280 g/mol. The van der Waals surface area contributed by atoms with Crippen molar-refractivity contribution in [2.75, 3.05) is 18.1 Å². The van der Waals surface area contributed by atoms with E-state index in [0.29, 0.717) is 0 Å². The Balaban J connectivity index is 1.63. The molecule has 0 saturated carbocycles. The van der Waals surface area contributed by atoms with E-state index in [-0.39, 0.29) is 0 Å². The van der Waals surface area contributed by atoms with E-state index >= 15 is 0 Å². The molecule has 18 heavy (non-hydrogen) atoms. The number of anilines is 1. The Morgan fingerprint density at radius 2 is 2.11 bits per heavy atom. The zero-order valence-corrected chi connectivity index (χ0v) is 11.9. The van der Waals surface area contributed by atoms with Crippen molar-refractivity contribution in [2.24, 2.45) is 0 Å². The third-order valence-electron chi connectivity index (χ3n) is 2.26. The van der Waals surface area contributed by atoms with E-state index in [1.54, 1.807) is 23.1 Å². The molecule has 96 valence electrons. The molecule has 1 aromatic carbocycles. The minimum Gasteiger partial charge on any atom is -0.494 e. The number of hydrogen-bond donors (Lipinski definition) is 1. The van der Waals surface area contributed by atoms with E-state index in [0.717, 1.165) is 40.3 Å². The molecular weight excluding hydrogens is 264 g/mol. The first-order valence-corrected chi connectivity index (χ1v) is 7.64. The number of thiazole rings is 1. The maximum atomic E-state index is 5.62. The first-order valence-electron chi connectivity index (χ1n) is 5.77. The van der Waals surface area contributed by atoms with Gasteiger partial charge in [0.1, 0.15) is 10.1 Å². The summed E-state index contributed by atoms with van der Waals surface area (Å²) in [5.74, 6) is 1.90. The van der Waals surface area contributed by atoms with E-state index < -0.39 is 0 Å². The van der Waals surface area contributed by atoms with Crippen LogP contribution in [0.1, 0.15) is 12.1 Å². The van der Waals surface area contributed by atoms with Crippen molar-refractivity contribution in [1.82, 2.24) is 4.98 Å². The van der Waals surface area contributed by atoms with Crippen molar-refractivity contribution in [1.29, 1.82) is 0 Å². The molecule has 1 heterocycles. The summed E-state index contributed by atoms with van der Waals surface area (Å²) in [4.78, 5) is 4.40. The lowest BCUT2D eigenvalue weighted by atomic mass is 10.3. The summed E-state index contributed by atoms with van der Waals surface area (Å²) in [6, 6.07) is 7.49. The number of ether oxygens (including phenoxy) is 1. The number of aromatic nitrogens is 1. The third kappa shape index (κ3) is 4.23. The van der Waals surface area contributed by atoms with Crippen LogP contribution in [0.2, 0.25) is 0 Å². The van der Waals surface area contributed by atoms with Crippen LogP contribution in [-0.2, 0) is 0 Å². The highest BCUT2D eigenvalue weighted by Crippen LogP contribution is 2.23. The van der Waals surface area contributed by atoms with Crippen LogP contribution in [0.15, 0.2) is 34.0 Å². The number of aryl methyl sites for hydroxylation is 1. The van der Waals surface area contributed by atoms with Gasteiger partial charge >= 0.3 is 0 Å². The molecule has 0 atom stereocenters. The number of nitrogens with zero attached hydrogens (tertiary/aromatic N) is 1. The van der Waals surface area contributed by atoms with Gasteiger partial charge in [-0.15, -0.1) is 11.3 Å². The fraction of sp³-hybridized carbons (Fsp3) is 0.308. The molecule has 0 aliphatic rings. The predicted molar refractivity (Wildman–Crippen MR) is 78.5 cm³/mol. The van der Waals surface area contributed by atoms with E-state index in [1.165, 1.54) is 0 Å². The number of nitrogen functional groups attached to an aromatic ring is 1. The molecule has 0 fully saturated rings. The fourth-order valence-electron chi connectivity index (χ4n) is 1.37. The second-order valence-corrected chi connectivity index (χ2v) is 6.07. The lowest BCUT2D eigenvalue weighted by Crippen LogP contribution is -1.98. The van der Waals surface area contributed by atoms with Crippen molar-refractivity contribution >= 4 is 28.8 Å². The lowest BCUT2D eigenvalue weighted by Gasteiger charge is -2.05. The predicted octanol–water partition coefficient (Wildman–Crippen LogP) is 3.59. The molecule has 0 spiro atoms. The number of rotatable bonds is 6. The van der Waals surface area contributed by atoms with Crippen LogP contribution in [-0.4, -0.2) is 17.3 Å². The minimum atomic E-state index is 0.723. The Morgan fingerprint density at radius 3 is 2.78 bits per heavy atom. The smallest absolute Gasteiger partial charge is 0.150 e. The van der Waals surface area contributed by atoms with Gasteiger partial charge in [0.15, 0.2) is 0 Å². The highest BCUT2D eigenvalue weighted by Gasteiger charge is 1.99. The number of thioether (sulfide) groups is 1. The van der Waals surface area contributed by atoms with Crippen LogP contribution in [0.3, 0.4) is 0 Å². The van der Waals surface area contributed by atoms with Crippen molar-refractivity contribution in [3.8, 4) is 5.75 Å². The van der Waals surface area contributed by atoms with Gasteiger partial charge in [0, 0.05) is 22.5 Å². The van der Waals surface area contributed by atoms with Gasteiger partial charge in [-0.3, -0.25) is 0 Å². The summed E-state index contributed by atoms with van der Waals surface area (Å²) in [5, 5.41) is 2.08. The topological polar surface area (TPSA) is 48.1 Å². The maximum Gasteiger partial charge on any atom is 0.150 e. The number of hydrogen-bond acceptors (Lipinski definition) is 5. The third-order valence-corrected chi connectivity index (χ3v) is 4.49. The summed E-state index contributed by atoms with van der Waals surface area (Å²) in [7, 11) is 0. The Hall–Kier alpha value is -1.20. The highest BCUT2D eigenvalue weighted by molar-refractivity contribution is 8.00. The van der Waals surface area contributed by atoms with Crippen molar-refractivity contribution in [3.63, 3.8) is 0 Å². The molecule has 0 aliphatic carbocycles. The quantitative estimate of drug-likeness (QED) is 0.499. The van der Waals surface area contributed by atoms with E-state index in [1.807, 2.05) is 31.2 Å². The fourth-order valence-corrected chi connectivity index (χ4v) is 3.20. The summed E-state index contributed by atoms with van der Waals surface area (Å²) < 4.78 is 6.76. The van der Waals surface area contributed by atoms with Crippen LogP contribution >= 0.6 is 23.1 Å². The SMILES string of the molecule is Cc1csc(SCCCOc2ccc(N)cc2)n1. The Kier molecular flexibility index (Phi) is 4.90. The lowest BCUT2D eigenvalue weighted by molar-refractivity contribution is 0.319. The maximum absolute atomic E-state index is 5.62. The average molecular weight is 280 g/mol. The molecule has 2 N–H and O–H groups in total. The zero-order chi connectivity index (χ0) is 12.8. The largest absolute Gasteiger partial charge is 0.494 e. The van der Waals surface area contributed by atoms with Crippen LogP contribution < -0.4 is 10.5 Å². The Bertz CT molecular complexity index is 482. The van der Waals surface area contributed by atoms with E-state index in [4.69, 9.17) is 10.5 Å².